The Kier molecular flexibility index (Phi) is 4.71. The van der Waals surface area contributed by atoms with Crippen LogP contribution in [0, 0.1) is 5.92 Å². The van der Waals surface area contributed by atoms with Crippen LogP contribution in [-0.2, 0) is 6.42 Å². The molecule has 100 valence electrons. The summed E-state index contributed by atoms with van der Waals surface area (Å²) in [6, 6.07) is 7.41. The lowest BCUT2D eigenvalue weighted by Crippen LogP contribution is -2.30. The van der Waals surface area contributed by atoms with E-state index in [2.05, 4.69) is 44.1 Å². The van der Waals surface area contributed by atoms with Gasteiger partial charge in [0.15, 0.2) is 0 Å². The Morgan fingerprint density at radius 3 is 2.83 bits per heavy atom. The van der Waals surface area contributed by atoms with E-state index in [9.17, 15) is 0 Å². The molecule has 0 aliphatic carbocycles. The summed E-state index contributed by atoms with van der Waals surface area (Å²) >= 11 is 1.99. The van der Waals surface area contributed by atoms with Crippen molar-refractivity contribution in [3.63, 3.8) is 0 Å². The summed E-state index contributed by atoms with van der Waals surface area (Å²) in [5.74, 6) is 1.75. The molecule has 0 saturated heterocycles. The fraction of sp³-hybridized carbons (Fsp3) is 0.600. The molecule has 0 bridgehead atoms. The highest BCUT2D eigenvalue weighted by atomic mass is 32.2. The van der Waals surface area contributed by atoms with Gasteiger partial charge in [0.05, 0.1) is 0 Å². The average Bonchev–Trinajstić information content (AvgIpc) is 2.38. The number of hydrogen-bond donors (Lipinski definition) is 1. The van der Waals surface area contributed by atoms with Crippen molar-refractivity contribution in [2.75, 3.05) is 26.4 Å². The van der Waals surface area contributed by atoms with Crippen LogP contribution < -0.4 is 5.73 Å². The van der Waals surface area contributed by atoms with E-state index >= 15 is 0 Å². The molecule has 0 amide bonds. The molecule has 2 unspecified atom stereocenters. The molecule has 3 heteroatoms. The van der Waals surface area contributed by atoms with E-state index in [4.69, 9.17) is 5.73 Å². The first-order valence-electron chi connectivity index (χ1n) is 6.75. The number of nitrogens with two attached hydrogens (primary N) is 1. The summed E-state index contributed by atoms with van der Waals surface area (Å²) in [6.07, 6.45) is 2.54. The highest BCUT2D eigenvalue weighted by molar-refractivity contribution is 7.99. The van der Waals surface area contributed by atoms with Gasteiger partial charge in [-0.1, -0.05) is 19.1 Å². The van der Waals surface area contributed by atoms with Crippen molar-refractivity contribution in [2.24, 2.45) is 11.7 Å². The quantitative estimate of drug-likeness (QED) is 0.906. The minimum atomic E-state index is 0.423. The first-order chi connectivity index (χ1) is 8.63. The minimum absolute atomic E-state index is 0.423. The summed E-state index contributed by atoms with van der Waals surface area (Å²) in [6.45, 7) is 2.97. The summed E-state index contributed by atoms with van der Waals surface area (Å²) in [4.78, 5) is 3.76. The zero-order valence-electron chi connectivity index (χ0n) is 11.6. The third-order valence-electron chi connectivity index (χ3n) is 3.74. The molecular weight excluding hydrogens is 240 g/mol. The number of rotatable bonds is 4. The minimum Gasteiger partial charge on any atom is -0.330 e. The second-order valence-electron chi connectivity index (χ2n) is 5.44. The van der Waals surface area contributed by atoms with Gasteiger partial charge < -0.3 is 10.6 Å². The van der Waals surface area contributed by atoms with Crippen LogP contribution in [0.25, 0.3) is 0 Å². The Hall–Kier alpha value is -0.510. The van der Waals surface area contributed by atoms with Gasteiger partial charge in [0.25, 0.3) is 0 Å². The predicted octanol–water partition coefficient (Wildman–Crippen LogP) is 2.92. The fourth-order valence-corrected chi connectivity index (χ4v) is 3.85. The lowest BCUT2D eigenvalue weighted by Gasteiger charge is -2.31. The maximum atomic E-state index is 5.86. The SMILES string of the molecule is CC(CN)C(c1ccc2c(c1)CCCS2)N(C)C. The van der Waals surface area contributed by atoms with Gasteiger partial charge in [-0.15, -0.1) is 11.8 Å². The van der Waals surface area contributed by atoms with Gasteiger partial charge in [0, 0.05) is 10.9 Å². The molecule has 0 aromatic heterocycles. The second kappa shape index (κ2) is 6.09. The zero-order chi connectivity index (χ0) is 13.1. The molecular formula is C15H24N2S. The molecule has 1 aromatic rings. The zero-order valence-corrected chi connectivity index (χ0v) is 12.5. The molecule has 0 saturated carbocycles. The number of benzene rings is 1. The van der Waals surface area contributed by atoms with Crippen LogP contribution >= 0.6 is 11.8 Å². The molecule has 1 aromatic carbocycles. The van der Waals surface area contributed by atoms with E-state index in [1.54, 1.807) is 0 Å². The van der Waals surface area contributed by atoms with Crippen LogP contribution in [0.3, 0.4) is 0 Å². The van der Waals surface area contributed by atoms with Gasteiger partial charge in [-0.05, 0) is 62.3 Å². The Balaban J connectivity index is 2.30. The van der Waals surface area contributed by atoms with E-state index < -0.39 is 0 Å². The Bertz CT molecular complexity index is 403. The van der Waals surface area contributed by atoms with Crippen LogP contribution in [-0.4, -0.2) is 31.3 Å². The fourth-order valence-electron chi connectivity index (χ4n) is 2.83. The number of hydrogen-bond acceptors (Lipinski definition) is 3. The molecule has 2 rings (SSSR count). The molecule has 1 heterocycles. The molecule has 2 atom stereocenters. The molecule has 0 radical (unpaired) electrons. The average molecular weight is 264 g/mol. The lowest BCUT2D eigenvalue weighted by molar-refractivity contribution is 0.227. The summed E-state index contributed by atoms with van der Waals surface area (Å²) < 4.78 is 0. The number of aryl methyl sites for hydroxylation is 1. The topological polar surface area (TPSA) is 29.3 Å². The van der Waals surface area contributed by atoms with Gasteiger partial charge in [-0.25, -0.2) is 0 Å². The van der Waals surface area contributed by atoms with Gasteiger partial charge >= 0.3 is 0 Å². The van der Waals surface area contributed by atoms with E-state index in [0.29, 0.717) is 12.0 Å². The first kappa shape index (κ1) is 13.9. The molecule has 18 heavy (non-hydrogen) atoms. The predicted molar refractivity (Wildman–Crippen MR) is 80.1 cm³/mol. The van der Waals surface area contributed by atoms with Crippen LogP contribution in [0.2, 0.25) is 0 Å². The largest absolute Gasteiger partial charge is 0.330 e. The van der Waals surface area contributed by atoms with Gasteiger partial charge in [-0.3, -0.25) is 0 Å². The molecule has 2 nitrogen and oxygen atoms in total. The van der Waals surface area contributed by atoms with Crippen molar-refractivity contribution in [3.8, 4) is 0 Å². The van der Waals surface area contributed by atoms with E-state index in [-0.39, 0.29) is 0 Å². The third kappa shape index (κ3) is 2.90. The van der Waals surface area contributed by atoms with Crippen molar-refractivity contribution in [2.45, 2.75) is 30.7 Å². The van der Waals surface area contributed by atoms with Crippen LogP contribution in [0.4, 0.5) is 0 Å². The highest BCUT2D eigenvalue weighted by Crippen LogP contribution is 2.34. The monoisotopic (exact) mass is 264 g/mol. The summed E-state index contributed by atoms with van der Waals surface area (Å²) in [5.41, 5.74) is 8.80. The van der Waals surface area contributed by atoms with Gasteiger partial charge in [0.1, 0.15) is 0 Å². The smallest absolute Gasteiger partial charge is 0.0379 e. The number of thioether (sulfide) groups is 1. The van der Waals surface area contributed by atoms with Crippen molar-refractivity contribution in [1.29, 1.82) is 0 Å². The number of nitrogens with zero attached hydrogens (tertiary/aromatic N) is 1. The van der Waals surface area contributed by atoms with Crippen molar-refractivity contribution < 1.29 is 0 Å². The van der Waals surface area contributed by atoms with Gasteiger partial charge in [0.2, 0.25) is 0 Å². The molecule has 0 spiro atoms. The maximum Gasteiger partial charge on any atom is 0.0379 e. The summed E-state index contributed by atoms with van der Waals surface area (Å²) in [7, 11) is 4.29. The van der Waals surface area contributed by atoms with E-state index in [0.717, 1.165) is 6.54 Å². The Morgan fingerprint density at radius 1 is 1.39 bits per heavy atom. The molecule has 1 aliphatic rings. The van der Waals surface area contributed by atoms with Crippen LogP contribution in [0.1, 0.15) is 30.5 Å². The Labute approximate surface area is 115 Å². The third-order valence-corrected chi connectivity index (χ3v) is 4.94. The van der Waals surface area contributed by atoms with Crippen LogP contribution in [0.5, 0.6) is 0 Å². The van der Waals surface area contributed by atoms with Crippen molar-refractivity contribution in [3.05, 3.63) is 29.3 Å². The van der Waals surface area contributed by atoms with E-state index in [1.165, 1.54) is 34.6 Å². The van der Waals surface area contributed by atoms with Gasteiger partial charge in [-0.2, -0.15) is 0 Å². The van der Waals surface area contributed by atoms with Crippen molar-refractivity contribution in [1.82, 2.24) is 4.90 Å². The second-order valence-corrected chi connectivity index (χ2v) is 6.58. The molecule has 1 aliphatic heterocycles. The summed E-state index contributed by atoms with van der Waals surface area (Å²) in [5, 5.41) is 0. The maximum absolute atomic E-state index is 5.86. The first-order valence-corrected chi connectivity index (χ1v) is 7.74. The van der Waals surface area contributed by atoms with Crippen molar-refractivity contribution >= 4 is 11.8 Å². The van der Waals surface area contributed by atoms with Crippen LogP contribution in [0.15, 0.2) is 23.1 Å². The standard InChI is InChI=1S/C15H24N2S/c1-11(10-16)15(17(2)3)13-6-7-14-12(9-13)5-4-8-18-14/h6-7,9,11,15H,4-5,8,10,16H2,1-3H3. The molecule has 0 fully saturated rings. The molecule has 2 N–H and O–H groups in total. The van der Waals surface area contributed by atoms with E-state index in [1.807, 2.05) is 11.8 Å². The normalized spacial score (nSPS) is 18.5. The Morgan fingerprint density at radius 2 is 2.17 bits per heavy atom. The highest BCUT2D eigenvalue weighted by Gasteiger charge is 2.22. The lowest BCUT2D eigenvalue weighted by atomic mass is 9.92. The number of fused-ring (bicyclic) bond motifs is 1.